The summed E-state index contributed by atoms with van der Waals surface area (Å²) in [5, 5.41) is 3.57. The van der Waals surface area contributed by atoms with E-state index in [9.17, 15) is 0 Å². The summed E-state index contributed by atoms with van der Waals surface area (Å²) in [5.74, 6) is 0. The Morgan fingerprint density at radius 2 is 2.20 bits per heavy atom. The minimum absolute atomic E-state index is 0.237. The molecule has 0 aromatic rings. The lowest BCUT2D eigenvalue weighted by molar-refractivity contribution is 0.528. The first kappa shape index (κ1) is 8.21. The zero-order valence-electron chi connectivity index (χ0n) is 7.11. The van der Waals surface area contributed by atoms with Gasteiger partial charge in [0.05, 0.1) is 0 Å². The lowest BCUT2D eigenvalue weighted by Gasteiger charge is -2.30. The van der Waals surface area contributed by atoms with Crippen LogP contribution in [0.3, 0.4) is 0 Å². The summed E-state index contributed by atoms with van der Waals surface area (Å²) in [5.41, 5.74) is 0. The van der Waals surface area contributed by atoms with Gasteiger partial charge in [0.15, 0.2) is 7.41 Å². The highest BCUT2D eigenvalue weighted by atomic mass is 16.4. The molecule has 0 bridgehead atoms. The van der Waals surface area contributed by atoms with Crippen molar-refractivity contribution in [2.75, 3.05) is 0 Å². The first-order valence-electron chi connectivity index (χ1n) is 3.96. The van der Waals surface area contributed by atoms with E-state index in [1.54, 1.807) is 0 Å². The fourth-order valence-corrected chi connectivity index (χ4v) is 1.12. The zero-order chi connectivity index (χ0) is 7.61. The van der Waals surface area contributed by atoms with Crippen LogP contribution in [-0.4, -0.2) is 21.9 Å². The van der Waals surface area contributed by atoms with Crippen LogP contribution in [0.5, 0.6) is 0 Å². The van der Waals surface area contributed by atoms with Crippen molar-refractivity contribution in [2.24, 2.45) is 0 Å². The summed E-state index contributed by atoms with van der Waals surface area (Å²) in [7, 11) is 2.26. The molecule has 1 fully saturated rings. The van der Waals surface area contributed by atoms with Crippen molar-refractivity contribution in [3.8, 4) is 0 Å². The average molecular weight is 137 g/mol. The van der Waals surface area contributed by atoms with Gasteiger partial charge in [0.25, 0.3) is 7.48 Å². The van der Waals surface area contributed by atoms with Gasteiger partial charge in [-0.3, -0.25) is 0 Å². The normalized spacial score (nSPS) is 19.7. The highest BCUT2D eigenvalue weighted by Crippen LogP contribution is 2.26. The Labute approximate surface area is 64.8 Å². The van der Waals surface area contributed by atoms with Crippen LogP contribution in [0.1, 0.15) is 20.8 Å². The van der Waals surface area contributed by atoms with Crippen LogP contribution in [0, 0.1) is 0 Å². The molecule has 0 radical (unpaired) electrons. The van der Waals surface area contributed by atoms with Crippen molar-refractivity contribution in [3.05, 3.63) is 0 Å². The molecule has 1 aliphatic rings. The van der Waals surface area contributed by atoms with Gasteiger partial charge in [-0.05, 0) is 5.31 Å². The van der Waals surface area contributed by atoms with Crippen LogP contribution < -0.4 is 5.14 Å². The number of hydrogen-bond donors (Lipinski definition) is 1. The van der Waals surface area contributed by atoms with E-state index in [1.807, 2.05) is 0 Å². The lowest BCUT2D eigenvalue weighted by atomic mass is 9.49. The maximum absolute atomic E-state index is 5.53. The number of hydrogen-bond acceptors (Lipinski definition) is 2. The van der Waals surface area contributed by atoms with Crippen molar-refractivity contribution >= 4 is 21.9 Å². The molecule has 0 aliphatic carbocycles. The SMILES string of the molecule is CC(C)(C)B1NBCBO1. The predicted molar refractivity (Wildman–Crippen MR) is 48.8 cm³/mol. The van der Waals surface area contributed by atoms with Gasteiger partial charge in [-0.15, -0.1) is 0 Å². The van der Waals surface area contributed by atoms with E-state index >= 15 is 0 Å². The molecule has 1 aliphatic heterocycles. The molecule has 5 heteroatoms. The third-order valence-electron chi connectivity index (χ3n) is 1.72. The summed E-state index contributed by atoms with van der Waals surface area (Å²) in [6.45, 7) is 6.57. The minimum atomic E-state index is 0.237. The fraction of sp³-hybridized carbons (Fsp3) is 1.00. The summed E-state index contributed by atoms with van der Waals surface area (Å²) in [6, 6.07) is 0. The molecule has 0 atom stereocenters. The molecule has 54 valence electrons. The summed E-state index contributed by atoms with van der Waals surface area (Å²) in [6.07, 6.45) is 1.15. The molecule has 1 N–H and O–H groups in total. The van der Waals surface area contributed by atoms with E-state index in [4.69, 9.17) is 4.57 Å². The molecule has 0 spiro atoms. The standard InChI is InChI=1S/C5H14B3NO/c1-5(2,3)8-9-6-4-7-10-8/h6-7,9H,4H2,1-3H3. The maximum atomic E-state index is 5.53. The Morgan fingerprint density at radius 3 is 2.50 bits per heavy atom. The minimum Gasteiger partial charge on any atom is -0.489 e. The van der Waals surface area contributed by atoms with Crippen LogP contribution in [0.25, 0.3) is 0 Å². The Morgan fingerprint density at radius 1 is 1.50 bits per heavy atom. The average Bonchev–Trinajstić information content (AvgIpc) is 1.88. The largest absolute Gasteiger partial charge is 0.489 e. The van der Waals surface area contributed by atoms with Gasteiger partial charge in [-0.1, -0.05) is 27.0 Å². The van der Waals surface area contributed by atoms with Crippen molar-refractivity contribution in [1.29, 1.82) is 0 Å². The quantitative estimate of drug-likeness (QED) is 0.473. The molecule has 0 aromatic carbocycles. The Bertz CT molecular complexity index is 108. The van der Waals surface area contributed by atoms with Gasteiger partial charge >= 0.3 is 7.05 Å². The monoisotopic (exact) mass is 137 g/mol. The van der Waals surface area contributed by atoms with Crippen molar-refractivity contribution < 1.29 is 4.57 Å². The second kappa shape index (κ2) is 3.01. The molecule has 0 aromatic heterocycles. The molecule has 1 heterocycles. The van der Waals surface area contributed by atoms with Crippen molar-refractivity contribution in [3.63, 3.8) is 0 Å². The lowest BCUT2D eigenvalue weighted by Crippen LogP contribution is -2.51. The molecule has 1 rings (SSSR count). The van der Waals surface area contributed by atoms with Crippen LogP contribution in [0.4, 0.5) is 0 Å². The van der Waals surface area contributed by atoms with Crippen molar-refractivity contribution in [2.45, 2.75) is 32.3 Å². The van der Waals surface area contributed by atoms with Gasteiger partial charge in [-0.25, -0.2) is 0 Å². The van der Waals surface area contributed by atoms with Gasteiger partial charge in [0.2, 0.25) is 0 Å². The van der Waals surface area contributed by atoms with E-state index < -0.39 is 0 Å². The first-order valence-corrected chi connectivity index (χ1v) is 3.96. The van der Waals surface area contributed by atoms with Crippen molar-refractivity contribution in [1.82, 2.24) is 5.14 Å². The molecule has 0 amide bonds. The highest BCUT2D eigenvalue weighted by Gasteiger charge is 2.32. The summed E-state index contributed by atoms with van der Waals surface area (Å²) in [4.78, 5) is 0. The van der Waals surface area contributed by atoms with E-state index in [1.165, 1.54) is 0 Å². The second-order valence-electron chi connectivity index (χ2n) is 3.92. The Hall–Kier alpha value is 0.115. The van der Waals surface area contributed by atoms with Crippen LogP contribution in [0.15, 0.2) is 0 Å². The van der Waals surface area contributed by atoms with E-state index in [-0.39, 0.29) is 12.4 Å². The molecule has 0 unspecified atom stereocenters. The maximum Gasteiger partial charge on any atom is 0.358 e. The number of nitrogens with one attached hydrogen (secondary N) is 1. The molecule has 10 heavy (non-hydrogen) atoms. The first-order chi connectivity index (χ1) is 4.61. The molecular formula is C5H14B3NO. The van der Waals surface area contributed by atoms with E-state index in [0.717, 1.165) is 21.1 Å². The van der Waals surface area contributed by atoms with Crippen LogP contribution in [-0.2, 0) is 4.57 Å². The van der Waals surface area contributed by atoms with E-state index in [0.29, 0.717) is 0 Å². The zero-order valence-corrected chi connectivity index (χ0v) is 7.11. The third-order valence-corrected chi connectivity index (χ3v) is 1.72. The van der Waals surface area contributed by atoms with Gasteiger partial charge < -0.3 is 9.71 Å². The third kappa shape index (κ3) is 2.06. The summed E-state index contributed by atoms with van der Waals surface area (Å²) >= 11 is 0. The topological polar surface area (TPSA) is 21.3 Å². The Balaban J connectivity index is 2.39. The fourth-order valence-electron chi connectivity index (χ4n) is 1.12. The summed E-state index contributed by atoms with van der Waals surface area (Å²) < 4.78 is 5.53. The second-order valence-corrected chi connectivity index (χ2v) is 3.92. The van der Waals surface area contributed by atoms with Gasteiger partial charge in [0, 0.05) is 0 Å². The molecule has 0 saturated carbocycles. The smallest absolute Gasteiger partial charge is 0.358 e. The van der Waals surface area contributed by atoms with Crippen LogP contribution in [0.2, 0.25) is 11.5 Å². The molecular weight excluding hydrogens is 122 g/mol. The van der Waals surface area contributed by atoms with Gasteiger partial charge in [0.1, 0.15) is 0 Å². The highest BCUT2D eigenvalue weighted by molar-refractivity contribution is 6.73. The Kier molecular flexibility index (Phi) is 2.47. The van der Waals surface area contributed by atoms with Crippen LogP contribution >= 0.6 is 0 Å². The van der Waals surface area contributed by atoms with Gasteiger partial charge in [-0.2, -0.15) is 0 Å². The molecule has 2 nitrogen and oxygen atoms in total. The number of rotatable bonds is 0. The van der Waals surface area contributed by atoms with E-state index in [2.05, 4.69) is 25.9 Å². The molecule has 1 saturated heterocycles. The predicted octanol–water partition coefficient (Wildman–Crippen LogP) is -0.0267.